The summed E-state index contributed by atoms with van der Waals surface area (Å²) >= 11 is 0. The molecule has 3 aliphatic rings. The van der Waals surface area contributed by atoms with Crippen LogP contribution in [0.3, 0.4) is 0 Å². The van der Waals surface area contributed by atoms with Crippen molar-refractivity contribution in [1.29, 1.82) is 0 Å². The number of aromatic nitrogens is 2. The molecule has 0 bridgehead atoms. The van der Waals surface area contributed by atoms with Crippen molar-refractivity contribution in [3.63, 3.8) is 0 Å². The van der Waals surface area contributed by atoms with Gasteiger partial charge in [-0.15, -0.1) is 0 Å². The monoisotopic (exact) mass is 615 g/mol. The molecule has 1 aromatic carbocycles. The van der Waals surface area contributed by atoms with Gasteiger partial charge >= 0.3 is 6.18 Å². The van der Waals surface area contributed by atoms with Crippen LogP contribution in [0.2, 0.25) is 0 Å². The summed E-state index contributed by atoms with van der Waals surface area (Å²) in [5.41, 5.74) is 0.0268. The van der Waals surface area contributed by atoms with E-state index in [-0.39, 0.29) is 47.6 Å². The number of hydrogen-bond acceptors (Lipinski definition) is 7. The van der Waals surface area contributed by atoms with Gasteiger partial charge in [-0.05, 0) is 95.1 Å². The maximum absolute atomic E-state index is 14.1. The number of nitrogens with one attached hydrogen (secondary N) is 2. The van der Waals surface area contributed by atoms with E-state index in [0.29, 0.717) is 29.3 Å². The van der Waals surface area contributed by atoms with Gasteiger partial charge in [-0.2, -0.15) is 13.2 Å². The molecule has 2 N–H and O–H groups in total. The number of Topliss-reactive ketones (excluding diaryl/α,β-unsaturated/α-hetero) is 1. The lowest BCUT2D eigenvalue weighted by atomic mass is 9.80. The van der Waals surface area contributed by atoms with Gasteiger partial charge in [0.05, 0.1) is 24.1 Å². The van der Waals surface area contributed by atoms with Crippen LogP contribution in [0.4, 0.5) is 24.8 Å². The fourth-order valence-electron chi connectivity index (χ4n) is 6.98. The molecule has 2 atom stereocenters. The molecule has 5 rings (SSSR count). The molecule has 2 aromatic rings. The van der Waals surface area contributed by atoms with Crippen LogP contribution in [0.5, 0.6) is 5.75 Å². The summed E-state index contributed by atoms with van der Waals surface area (Å²) < 4.78 is 47.8. The summed E-state index contributed by atoms with van der Waals surface area (Å²) in [5.74, 6) is 0.665. The van der Waals surface area contributed by atoms with Crippen LogP contribution < -0.4 is 15.4 Å². The van der Waals surface area contributed by atoms with E-state index in [1.54, 1.807) is 18.2 Å². The normalized spacial score (nSPS) is 22.1. The number of amides is 1. The van der Waals surface area contributed by atoms with Gasteiger partial charge in [0.25, 0.3) is 0 Å². The fourth-order valence-corrected chi connectivity index (χ4v) is 6.98. The molecular weight excluding hydrogens is 571 g/mol. The van der Waals surface area contributed by atoms with E-state index in [1.807, 2.05) is 0 Å². The first kappa shape index (κ1) is 32.2. The third-order valence-corrected chi connectivity index (χ3v) is 9.67. The number of rotatable bonds is 10. The number of piperidine rings is 1. The molecular formula is C33H44F3N5O3. The van der Waals surface area contributed by atoms with E-state index in [9.17, 15) is 22.8 Å². The van der Waals surface area contributed by atoms with Gasteiger partial charge in [-0.3, -0.25) is 9.59 Å². The zero-order valence-electron chi connectivity index (χ0n) is 25.7. The molecule has 1 amide bonds. The predicted octanol–water partition coefficient (Wildman–Crippen LogP) is 6.57. The molecule has 1 aliphatic heterocycles. The van der Waals surface area contributed by atoms with Gasteiger partial charge in [0.15, 0.2) is 5.78 Å². The van der Waals surface area contributed by atoms with Crippen LogP contribution in [-0.2, 0) is 17.4 Å². The van der Waals surface area contributed by atoms with Crippen LogP contribution in [0.15, 0.2) is 24.4 Å². The number of benzene rings is 1. The number of ketones is 1. The van der Waals surface area contributed by atoms with Gasteiger partial charge in [0.2, 0.25) is 11.9 Å². The Hall–Kier alpha value is -3.21. The van der Waals surface area contributed by atoms with Crippen molar-refractivity contribution < 1.29 is 27.5 Å². The highest BCUT2D eigenvalue weighted by molar-refractivity contribution is 5.97. The lowest BCUT2D eigenvalue weighted by molar-refractivity contribution is -0.139. The van der Waals surface area contributed by atoms with Crippen molar-refractivity contribution in [3.05, 3.63) is 41.2 Å². The van der Waals surface area contributed by atoms with Crippen molar-refractivity contribution in [1.82, 2.24) is 20.2 Å². The quantitative estimate of drug-likeness (QED) is 0.292. The molecule has 240 valence electrons. The van der Waals surface area contributed by atoms with Crippen molar-refractivity contribution in [2.24, 2.45) is 17.8 Å². The highest BCUT2D eigenvalue weighted by Crippen LogP contribution is 2.36. The fraction of sp³-hybridized carbons (Fsp3) is 0.636. The van der Waals surface area contributed by atoms with E-state index in [1.165, 1.54) is 7.11 Å². The Labute approximate surface area is 257 Å². The van der Waals surface area contributed by atoms with Crippen molar-refractivity contribution in [2.45, 2.75) is 89.3 Å². The predicted molar refractivity (Wildman–Crippen MR) is 162 cm³/mol. The Morgan fingerprint density at radius 3 is 2.43 bits per heavy atom. The number of alkyl halides is 3. The van der Waals surface area contributed by atoms with Gasteiger partial charge in [0.1, 0.15) is 5.75 Å². The molecule has 2 saturated carbocycles. The summed E-state index contributed by atoms with van der Waals surface area (Å²) in [6.07, 6.45) is 5.89. The minimum absolute atomic E-state index is 0.00380. The van der Waals surface area contributed by atoms with Gasteiger partial charge in [0, 0.05) is 30.1 Å². The maximum atomic E-state index is 14.1. The molecule has 0 unspecified atom stereocenters. The Morgan fingerprint density at radius 2 is 1.73 bits per heavy atom. The molecule has 8 nitrogen and oxygen atoms in total. The number of methoxy groups -OCH3 is 1. The molecule has 2 heterocycles. The summed E-state index contributed by atoms with van der Waals surface area (Å²) in [6, 6.07) is 4.86. The van der Waals surface area contributed by atoms with Crippen molar-refractivity contribution in [2.75, 3.05) is 32.6 Å². The highest BCUT2D eigenvalue weighted by atomic mass is 19.4. The van der Waals surface area contributed by atoms with Gasteiger partial charge < -0.3 is 20.3 Å². The molecule has 1 aromatic heterocycles. The zero-order valence-corrected chi connectivity index (χ0v) is 25.7. The van der Waals surface area contributed by atoms with Crippen LogP contribution >= 0.6 is 0 Å². The Morgan fingerprint density at radius 1 is 1.02 bits per heavy atom. The minimum atomic E-state index is -4.61. The second-order valence-corrected chi connectivity index (χ2v) is 12.8. The Kier molecular flexibility index (Phi) is 10.4. The van der Waals surface area contributed by atoms with Crippen LogP contribution in [-0.4, -0.2) is 59.8 Å². The standard InChI is InChI=1S/C33H44F3N5O3/c1-41-15-13-21(14-16-41)17-29(42)24-11-12-27(30(19-24)44-2)39-32-37-20-25(33(34,35)36)28(40-32)18-23-9-5-6-10-26(23)38-31(43)22-7-3-4-8-22/h11-12,19-23,26H,3-10,13-18H2,1-2H3,(H,38,43)(H,37,39,40)/t23-,26+/m0/s1. The van der Waals surface area contributed by atoms with E-state index in [4.69, 9.17) is 4.74 Å². The molecule has 11 heteroatoms. The third-order valence-electron chi connectivity index (χ3n) is 9.67. The molecule has 1 saturated heterocycles. The largest absolute Gasteiger partial charge is 0.495 e. The van der Waals surface area contributed by atoms with Crippen LogP contribution in [0.25, 0.3) is 0 Å². The summed E-state index contributed by atoms with van der Waals surface area (Å²) in [6.45, 7) is 1.96. The molecule has 0 radical (unpaired) electrons. The first-order valence-electron chi connectivity index (χ1n) is 16.0. The molecule has 3 fully saturated rings. The Bertz CT molecular complexity index is 1310. The van der Waals surface area contributed by atoms with E-state index in [2.05, 4.69) is 32.5 Å². The van der Waals surface area contributed by atoms with E-state index < -0.39 is 11.7 Å². The second kappa shape index (κ2) is 14.3. The Balaban J connectivity index is 1.31. The van der Waals surface area contributed by atoms with E-state index >= 15 is 0 Å². The number of nitrogens with zero attached hydrogens (tertiary/aromatic N) is 3. The summed E-state index contributed by atoms with van der Waals surface area (Å²) in [7, 11) is 3.57. The summed E-state index contributed by atoms with van der Waals surface area (Å²) in [5, 5.41) is 6.19. The average Bonchev–Trinajstić information content (AvgIpc) is 3.55. The number of likely N-dealkylation sites (tertiary alicyclic amines) is 1. The van der Waals surface area contributed by atoms with Gasteiger partial charge in [-0.1, -0.05) is 25.7 Å². The molecule has 44 heavy (non-hydrogen) atoms. The number of ether oxygens (including phenoxy) is 1. The maximum Gasteiger partial charge on any atom is 0.419 e. The number of hydrogen-bond donors (Lipinski definition) is 2. The SMILES string of the molecule is COc1cc(C(=O)CC2CCN(C)CC2)ccc1Nc1ncc(C(F)(F)F)c(C[C@@H]2CCCC[C@H]2NC(=O)C2CCCC2)n1. The lowest BCUT2D eigenvalue weighted by Gasteiger charge is -2.33. The third kappa shape index (κ3) is 8.08. The highest BCUT2D eigenvalue weighted by Gasteiger charge is 2.37. The lowest BCUT2D eigenvalue weighted by Crippen LogP contribution is -2.45. The topological polar surface area (TPSA) is 96.5 Å². The number of carbonyl (C=O) groups excluding carboxylic acids is 2. The van der Waals surface area contributed by atoms with Crippen LogP contribution in [0, 0.1) is 17.8 Å². The van der Waals surface area contributed by atoms with Crippen LogP contribution in [0.1, 0.15) is 92.2 Å². The number of carbonyl (C=O) groups is 2. The molecule has 2 aliphatic carbocycles. The first-order valence-corrected chi connectivity index (χ1v) is 16.0. The summed E-state index contributed by atoms with van der Waals surface area (Å²) in [4.78, 5) is 36.5. The van der Waals surface area contributed by atoms with E-state index in [0.717, 1.165) is 83.5 Å². The second-order valence-electron chi connectivity index (χ2n) is 12.8. The zero-order chi connectivity index (χ0) is 31.3. The van der Waals surface area contributed by atoms with Gasteiger partial charge in [-0.25, -0.2) is 9.97 Å². The first-order chi connectivity index (χ1) is 21.1. The number of halogens is 3. The average molecular weight is 616 g/mol. The smallest absolute Gasteiger partial charge is 0.419 e. The number of anilines is 2. The molecule has 0 spiro atoms. The van der Waals surface area contributed by atoms with Crippen molar-refractivity contribution in [3.8, 4) is 5.75 Å². The minimum Gasteiger partial charge on any atom is -0.495 e. The van der Waals surface area contributed by atoms with Crippen molar-refractivity contribution >= 4 is 23.3 Å².